The third-order valence-electron chi connectivity index (χ3n) is 2.96. The number of methoxy groups -OCH3 is 1. The second-order valence-corrected chi connectivity index (χ2v) is 5.76. The number of aromatic nitrogens is 3. The summed E-state index contributed by atoms with van der Waals surface area (Å²) in [5, 5.41) is 7.10. The Morgan fingerprint density at radius 3 is 2.62 bits per heavy atom. The Morgan fingerprint density at radius 2 is 2.00 bits per heavy atom. The van der Waals surface area contributed by atoms with Crippen LogP contribution < -0.4 is 10.1 Å². The number of hydrogen-bond acceptors (Lipinski definition) is 4. The molecule has 0 unspecified atom stereocenters. The molecule has 0 bridgehead atoms. The molecule has 6 nitrogen and oxygen atoms in total. The molecule has 0 saturated heterocycles. The molecule has 0 saturated carbocycles. The van der Waals surface area contributed by atoms with Crippen molar-refractivity contribution in [2.75, 3.05) is 12.4 Å². The summed E-state index contributed by atoms with van der Waals surface area (Å²) in [6, 6.07) is 5.24. The highest BCUT2D eigenvalue weighted by Gasteiger charge is 2.20. The Morgan fingerprint density at radius 1 is 1.29 bits per heavy atom. The number of nitrogens with one attached hydrogen (secondary N) is 1. The largest absolute Gasteiger partial charge is 0.480 e. The number of aryl methyl sites for hydroxylation is 1. The highest BCUT2D eigenvalue weighted by molar-refractivity contribution is 6.05. The molecule has 2 heterocycles. The first kappa shape index (κ1) is 15.0. The van der Waals surface area contributed by atoms with Crippen LogP contribution in [0.25, 0.3) is 0 Å². The van der Waals surface area contributed by atoms with Gasteiger partial charge in [-0.25, -0.2) is 9.67 Å². The zero-order valence-electron chi connectivity index (χ0n) is 13.0. The lowest BCUT2D eigenvalue weighted by molar-refractivity contribution is 0.102. The van der Waals surface area contributed by atoms with Crippen molar-refractivity contribution in [3.8, 4) is 5.88 Å². The van der Waals surface area contributed by atoms with Gasteiger partial charge in [0.15, 0.2) is 0 Å². The average Bonchev–Trinajstić information content (AvgIpc) is 2.86. The third kappa shape index (κ3) is 3.21. The molecule has 2 aromatic rings. The van der Waals surface area contributed by atoms with E-state index in [0.29, 0.717) is 17.3 Å². The van der Waals surface area contributed by atoms with E-state index >= 15 is 0 Å². The minimum absolute atomic E-state index is 0.221. The highest BCUT2D eigenvalue weighted by atomic mass is 16.5. The summed E-state index contributed by atoms with van der Waals surface area (Å²) >= 11 is 0. The lowest BCUT2D eigenvalue weighted by Gasteiger charge is -2.22. The number of pyridine rings is 1. The Hall–Kier alpha value is -2.37. The van der Waals surface area contributed by atoms with Crippen LogP contribution in [0.1, 0.15) is 36.8 Å². The number of rotatable bonds is 3. The number of carbonyl (C=O) groups excluding carboxylic acids is 1. The van der Waals surface area contributed by atoms with Crippen LogP contribution in [-0.4, -0.2) is 27.8 Å². The quantitative estimate of drug-likeness (QED) is 0.942. The van der Waals surface area contributed by atoms with Crippen molar-refractivity contribution in [2.24, 2.45) is 0 Å². The van der Waals surface area contributed by atoms with Gasteiger partial charge < -0.3 is 10.1 Å². The van der Waals surface area contributed by atoms with Gasteiger partial charge in [0.05, 0.1) is 18.8 Å². The van der Waals surface area contributed by atoms with Gasteiger partial charge in [-0.15, -0.1) is 0 Å². The zero-order chi connectivity index (χ0) is 15.6. The van der Waals surface area contributed by atoms with Crippen molar-refractivity contribution in [3.63, 3.8) is 0 Å². The molecule has 0 radical (unpaired) electrons. The standard InChI is InChI=1S/C15H20N4O2/c1-10-6-7-11(14(17-10)21-5)13(20)18-12-8-9-16-19(12)15(2,3)4/h6-9H,1-5H3,(H,18,20). The Balaban J connectivity index is 2.29. The van der Waals surface area contributed by atoms with Crippen LogP contribution in [0.5, 0.6) is 5.88 Å². The molecule has 2 rings (SSSR count). The zero-order valence-corrected chi connectivity index (χ0v) is 13.0. The normalized spacial score (nSPS) is 11.3. The number of amides is 1. The Bertz CT molecular complexity index is 656. The van der Waals surface area contributed by atoms with Crippen molar-refractivity contribution in [3.05, 3.63) is 35.7 Å². The molecular formula is C15H20N4O2. The van der Waals surface area contributed by atoms with Crippen LogP contribution in [-0.2, 0) is 5.54 Å². The predicted molar refractivity (Wildman–Crippen MR) is 80.7 cm³/mol. The molecule has 112 valence electrons. The maximum atomic E-state index is 12.4. The fraction of sp³-hybridized carbons (Fsp3) is 0.400. The minimum atomic E-state index is -0.273. The molecule has 2 aromatic heterocycles. The van der Waals surface area contributed by atoms with Crippen LogP contribution in [0.2, 0.25) is 0 Å². The molecule has 0 atom stereocenters. The molecule has 0 fully saturated rings. The van der Waals surface area contributed by atoms with Crippen LogP contribution in [0.3, 0.4) is 0 Å². The third-order valence-corrected chi connectivity index (χ3v) is 2.96. The van der Waals surface area contributed by atoms with Crippen molar-refractivity contribution >= 4 is 11.7 Å². The summed E-state index contributed by atoms with van der Waals surface area (Å²) in [6.07, 6.45) is 1.66. The first-order valence-electron chi connectivity index (χ1n) is 6.70. The number of nitrogens with zero attached hydrogens (tertiary/aromatic N) is 3. The molecule has 0 spiro atoms. The molecule has 0 aromatic carbocycles. The van der Waals surface area contributed by atoms with Crippen LogP contribution in [0, 0.1) is 6.92 Å². The lowest BCUT2D eigenvalue weighted by Crippen LogP contribution is -2.26. The van der Waals surface area contributed by atoms with E-state index in [1.807, 2.05) is 27.7 Å². The minimum Gasteiger partial charge on any atom is -0.480 e. The highest BCUT2D eigenvalue weighted by Crippen LogP contribution is 2.21. The monoisotopic (exact) mass is 288 g/mol. The SMILES string of the molecule is COc1nc(C)ccc1C(=O)Nc1ccnn1C(C)(C)C. The van der Waals surface area contributed by atoms with Gasteiger partial charge in [0.2, 0.25) is 5.88 Å². The van der Waals surface area contributed by atoms with Crippen molar-refractivity contribution in [2.45, 2.75) is 33.2 Å². The van der Waals surface area contributed by atoms with Crippen LogP contribution in [0.15, 0.2) is 24.4 Å². The van der Waals surface area contributed by atoms with Crippen molar-refractivity contribution in [1.29, 1.82) is 0 Å². The lowest BCUT2D eigenvalue weighted by atomic mass is 10.1. The van der Waals surface area contributed by atoms with E-state index in [9.17, 15) is 4.79 Å². The summed E-state index contributed by atoms with van der Waals surface area (Å²) in [5.74, 6) is 0.676. The van der Waals surface area contributed by atoms with Crippen LogP contribution in [0.4, 0.5) is 5.82 Å². The topological polar surface area (TPSA) is 69.0 Å². The molecule has 1 amide bonds. The Labute approximate surface area is 124 Å². The second kappa shape index (κ2) is 5.55. The fourth-order valence-electron chi connectivity index (χ4n) is 1.98. The first-order valence-corrected chi connectivity index (χ1v) is 6.70. The molecule has 0 aliphatic carbocycles. The van der Waals surface area contributed by atoms with E-state index in [2.05, 4.69) is 15.4 Å². The van der Waals surface area contributed by atoms with E-state index in [1.54, 1.807) is 29.1 Å². The Kier molecular flexibility index (Phi) is 3.97. The van der Waals surface area contributed by atoms with E-state index < -0.39 is 0 Å². The average molecular weight is 288 g/mol. The van der Waals surface area contributed by atoms with Gasteiger partial charge in [-0.3, -0.25) is 4.79 Å². The number of ether oxygens (including phenoxy) is 1. The molecule has 6 heteroatoms. The van der Waals surface area contributed by atoms with Crippen molar-refractivity contribution < 1.29 is 9.53 Å². The van der Waals surface area contributed by atoms with E-state index in [-0.39, 0.29) is 11.4 Å². The number of anilines is 1. The van der Waals surface area contributed by atoms with Gasteiger partial charge >= 0.3 is 0 Å². The molecule has 1 N–H and O–H groups in total. The number of hydrogen-bond donors (Lipinski definition) is 1. The first-order chi connectivity index (χ1) is 9.82. The smallest absolute Gasteiger partial charge is 0.262 e. The summed E-state index contributed by atoms with van der Waals surface area (Å²) < 4.78 is 6.93. The van der Waals surface area contributed by atoms with Gasteiger partial charge in [0, 0.05) is 11.8 Å². The van der Waals surface area contributed by atoms with Crippen molar-refractivity contribution in [1.82, 2.24) is 14.8 Å². The maximum Gasteiger partial charge on any atom is 0.262 e. The molecular weight excluding hydrogens is 268 g/mol. The summed E-state index contributed by atoms with van der Waals surface area (Å²) in [5.41, 5.74) is 0.967. The van der Waals surface area contributed by atoms with Gasteiger partial charge in [-0.2, -0.15) is 5.10 Å². The summed E-state index contributed by atoms with van der Waals surface area (Å²) in [4.78, 5) is 16.6. The molecule has 21 heavy (non-hydrogen) atoms. The van der Waals surface area contributed by atoms with Gasteiger partial charge in [0.25, 0.3) is 5.91 Å². The van der Waals surface area contributed by atoms with Crippen LogP contribution >= 0.6 is 0 Å². The molecule has 0 aliphatic heterocycles. The van der Waals surface area contributed by atoms with E-state index in [0.717, 1.165) is 5.69 Å². The predicted octanol–water partition coefficient (Wildman–Crippen LogP) is 2.60. The maximum absolute atomic E-state index is 12.4. The molecule has 0 aliphatic rings. The summed E-state index contributed by atoms with van der Waals surface area (Å²) in [7, 11) is 1.50. The fourth-order valence-corrected chi connectivity index (χ4v) is 1.98. The summed E-state index contributed by atoms with van der Waals surface area (Å²) in [6.45, 7) is 7.90. The van der Waals surface area contributed by atoms with E-state index in [1.165, 1.54) is 7.11 Å². The van der Waals surface area contributed by atoms with Gasteiger partial charge in [-0.05, 0) is 39.8 Å². The second-order valence-electron chi connectivity index (χ2n) is 5.76. The number of carbonyl (C=O) groups is 1. The van der Waals surface area contributed by atoms with E-state index in [4.69, 9.17) is 4.74 Å². The van der Waals surface area contributed by atoms with Gasteiger partial charge in [0.1, 0.15) is 11.4 Å². The van der Waals surface area contributed by atoms with Gasteiger partial charge in [-0.1, -0.05) is 0 Å².